The zero-order chi connectivity index (χ0) is 21.4. The fourth-order valence-electron chi connectivity index (χ4n) is 4.06. The molecular weight excluding hydrogens is 390 g/mol. The number of ether oxygens (including phenoxy) is 1. The molecule has 0 aromatic carbocycles. The van der Waals surface area contributed by atoms with Gasteiger partial charge in [-0.05, 0) is 57.9 Å². The maximum atomic E-state index is 6.06. The molecule has 0 saturated heterocycles. The van der Waals surface area contributed by atoms with Gasteiger partial charge in [-0.3, -0.25) is 9.36 Å². The number of anilines is 1. The monoisotopic (exact) mass is 417 g/mol. The molecule has 1 N–H and O–H groups in total. The fourth-order valence-corrected chi connectivity index (χ4v) is 4.06. The predicted octanol–water partition coefficient (Wildman–Crippen LogP) is 4.36. The molecule has 0 fully saturated rings. The van der Waals surface area contributed by atoms with Gasteiger partial charge in [0.15, 0.2) is 0 Å². The minimum atomic E-state index is 0.220. The van der Waals surface area contributed by atoms with E-state index in [9.17, 15) is 0 Å². The van der Waals surface area contributed by atoms with Crippen LogP contribution in [0.1, 0.15) is 44.1 Å². The summed E-state index contributed by atoms with van der Waals surface area (Å²) in [5.74, 6) is 0.617. The summed E-state index contributed by atoms with van der Waals surface area (Å²) in [5, 5.41) is 12.9. The van der Waals surface area contributed by atoms with Crippen molar-refractivity contribution in [1.29, 1.82) is 0 Å². The third kappa shape index (κ3) is 3.62. The number of hydrogen-bond acceptors (Lipinski definition) is 6. The molecule has 5 heterocycles. The van der Waals surface area contributed by atoms with Crippen LogP contribution in [-0.4, -0.2) is 36.1 Å². The van der Waals surface area contributed by atoms with Crippen LogP contribution in [-0.2, 0) is 13.1 Å². The molecule has 0 saturated carbocycles. The van der Waals surface area contributed by atoms with Crippen LogP contribution in [0.25, 0.3) is 22.3 Å². The van der Waals surface area contributed by atoms with Crippen molar-refractivity contribution in [1.82, 2.24) is 29.5 Å². The Hall–Kier alpha value is -3.42. The van der Waals surface area contributed by atoms with E-state index in [1.165, 1.54) is 0 Å². The largest absolute Gasteiger partial charge is 0.477 e. The zero-order valence-electron chi connectivity index (χ0n) is 18.2. The van der Waals surface area contributed by atoms with Gasteiger partial charge in [0.1, 0.15) is 11.0 Å². The molecule has 5 rings (SSSR count). The van der Waals surface area contributed by atoms with E-state index in [1.807, 2.05) is 29.9 Å². The summed E-state index contributed by atoms with van der Waals surface area (Å²) >= 11 is 0. The minimum absolute atomic E-state index is 0.220. The first-order valence-corrected chi connectivity index (χ1v) is 10.8. The van der Waals surface area contributed by atoms with Crippen molar-refractivity contribution in [2.24, 2.45) is 0 Å². The van der Waals surface area contributed by atoms with Crippen LogP contribution < -0.4 is 10.1 Å². The molecule has 31 heavy (non-hydrogen) atoms. The zero-order valence-corrected chi connectivity index (χ0v) is 18.2. The van der Waals surface area contributed by atoms with Crippen molar-refractivity contribution in [3.05, 3.63) is 48.0 Å². The Morgan fingerprint density at radius 1 is 1.16 bits per heavy atom. The summed E-state index contributed by atoms with van der Waals surface area (Å²) in [6.07, 6.45) is 5.55. The standard InChI is InChI=1S/C23H27N7O/c1-15(2)30-22-20-13-19(27-21(22)16(3)28-30)18-7-6-9-24-23(18)31-12-5-4-11-29-17(14-25-20)8-10-26-29/h6-10,13,15,25H,4-5,11-12,14H2,1-3H3. The summed E-state index contributed by atoms with van der Waals surface area (Å²) in [6.45, 7) is 8.43. The number of fused-ring (bicyclic) bond motifs is 7. The van der Waals surface area contributed by atoms with E-state index < -0.39 is 0 Å². The summed E-state index contributed by atoms with van der Waals surface area (Å²) in [4.78, 5) is 9.48. The van der Waals surface area contributed by atoms with E-state index in [-0.39, 0.29) is 6.04 Å². The molecule has 0 amide bonds. The number of aryl methyl sites for hydroxylation is 2. The number of nitrogens with one attached hydrogen (secondary N) is 1. The molecule has 4 aromatic heterocycles. The smallest absolute Gasteiger partial charge is 0.222 e. The number of pyridine rings is 2. The Bertz CT molecular complexity index is 1220. The van der Waals surface area contributed by atoms with Crippen LogP contribution in [0, 0.1) is 6.92 Å². The third-order valence-corrected chi connectivity index (χ3v) is 5.63. The first kappa shape index (κ1) is 19.5. The molecule has 8 nitrogen and oxygen atoms in total. The highest BCUT2D eigenvalue weighted by molar-refractivity contribution is 5.93. The number of nitrogens with zero attached hydrogens (tertiary/aromatic N) is 6. The normalized spacial score (nSPS) is 14.5. The van der Waals surface area contributed by atoms with E-state index in [0.29, 0.717) is 19.0 Å². The van der Waals surface area contributed by atoms with Crippen molar-refractivity contribution < 1.29 is 4.74 Å². The van der Waals surface area contributed by atoms with Crippen molar-refractivity contribution in [2.75, 3.05) is 11.9 Å². The van der Waals surface area contributed by atoms with Gasteiger partial charge in [0, 0.05) is 25.0 Å². The van der Waals surface area contributed by atoms with Crippen molar-refractivity contribution >= 4 is 16.7 Å². The van der Waals surface area contributed by atoms with E-state index in [0.717, 1.165) is 58.8 Å². The predicted molar refractivity (Wildman–Crippen MR) is 120 cm³/mol. The van der Waals surface area contributed by atoms with E-state index in [1.54, 1.807) is 6.20 Å². The van der Waals surface area contributed by atoms with Crippen LogP contribution in [0.5, 0.6) is 5.88 Å². The van der Waals surface area contributed by atoms with E-state index >= 15 is 0 Å². The summed E-state index contributed by atoms with van der Waals surface area (Å²) in [7, 11) is 0. The average molecular weight is 418 g/mol. The van der Waals surface area contributed by atoms with Crippen LogP contribution in [0.4, 0.5) is 5.69 Å². The molecule has 1 aliphatic heterocycles. The highest BCUT2D eigenvalue weighted by Gasteiger charge is 2.20. The van der Waals surface area contributed by atoms with Gasteiger partial charge < -0.3 is 10.1 Å². The van der Waals surface area contributed by atoms with Crippen molar-refractivity contribution in [2.45, 2.75) is 52.7 Å². The maximum Gasteiger partial charge on any atom is 0.222 e. The van der Waals surface area contributed by atoms with Gasteiger partial charge in [-0.1, -0.05) is 0 Å². The second-order valence-corrected chi connectivity index (χ2v) is 8.19. The lowest BCUT2D eigenvalue weighted by Crippen LogP contribution is -2.12. The molecular formula is C23H27N7O. The lowest BCUT2D eigenvalue weighted by Gasteiger charge is -2.16. The maximum absolute atomic E-state index is 6.06. The highest BCUT2D eigenvalue weighted by atomic mass is 16.5. The van der Waals surface area contributed by atoms with Crippen LogP contribution in [0.15, 0.2) is 36.7 Å². The molecule has 4 aromatic rings. The van der Waals surface area contributed by atoms with Gasteiger partial charge in [0.2, 0.25) is 5.88 Å². The number of aromatic nitrogens is 6. The van der Waals surface area contributed by atoms with Crippen molar-refractivity contribution in [3.8, 4) is 17.1 Å². The highest BCUT2D eigenvalue weighted by Crippen LogP contribution is 2.34. The van der Waals surface area contributed by atoms with Crippen LogP contribution >= 0.6 is 0 Å². The lowest BCUT2D eigenvalue weighted by molar-refractivity contribution is 0.292. The Morgan fingerprint density at radius 3 is 2.94 bits per heavy atom. The molecule has 8 heteroatoms. The fraction of sp³-hybridized carbons (Fsp3) is 0.391. The van der Waals surface area contributed by atoms with Gasteiger partial charge in [-0.15, -0.1) is 0 Å². The van der Waals surface area contributed by atoms with E-state index in [4.69, 9.17) is 14.8 Å². The molecule has 0 spiro atoms. The molecule has 0 unspecified atom stereocenters. The summed E-state index contributed by atoms with van der Waals surface area (Å²) < 4.78 is 10.2. The molecule has 0 aliphatic carbocycles. The van der Waals surface area contributed by atoms with E-state index in [2.05, 4.69) is 46.1 Å². The van der Waals surface area contributed by atoms with Crippen LogP contribution in [0.2, 0.25) is 0 Å². The summed E-state index contributed by atoms with van der Waals surface area (Å²) in [6, 6.07) is 8.31. The Labute approximate surface area is 181 Å². The molecule has 0 atom stereocenters. The number of hydrogen-bond donors (Lipinski definition) is 1. The van der Waals surface area contributed by atoms with Gasteiger partial charge >= 0.3 is 0 Å². The SMILES string of the molecule is Cc1nn(C(C)C)c2c3cc(nc12)-c1cccnc1OCCCCn1nccc1CN3. The second kappa shape index (κ2) is 8.02. The van der Waals surface area contributed by atoms with Gasteiger partial charge in [-0.2, -0.15) is 10.2 Å². The number of rotatable bonds is 1. The molecule has 0 radical (unpaired) electrons. The van der Waals surface area contributed by atoms with Gasteiger partial charge in [-0.25, -0.2) is 9.97 Å². The Morgan fingerprint density at radius 2 is 2.06 bits per heavy atom. The first-order valence-electron chi connectivity index (χ1n) is 10.8. The van der Waals surface area contributed by atoms with Gasteiger partial charge in [0.25, 0.3) is 0 Å². The quantitative estimate of drug-likeness (QED) is 0.495. The molecule has 2 bridgehead atoms. The topological polar surface area (TPSA) is 82.7 Å². The van der Waals surface area contributed by atoms with Crippen molar-refractivity contribution in [3.63, 3.8) is 0 Å². The Kier molecular flexibility index (Phi) is 5.05. The second-order valence-electron chi connectivity index (χ2n) is 8.19. The summed E-state index contributed by atoms with van der Waals surface area (Å²) in [5.41, 5.74) is 6.69. The minimum Gasteiger partial charge on any atom is -0.477 e. The van der Waals surface area contributed by atoms with Crippen LogP contribution in [0.3, 0.4) is 0 Å². The first-order chi connectivity index (χ1) is 15.1. The molecule has 160 valence electrons. The lowest BCUT2D eigenvalue weighted by atomic mass is 10.1. The molecule has 1 aliphatic rings. The Balaban J connectivity index is 1.71. The average Bonchev–Trinajstić information content (AvgIpc) is 3.36. The van der Waals surface area contributed by atoms with Gasteiger partial charge in [0.05, 0.1) is 41.5 Å². The third-order valence-electron chi connectivity index (χ3n) is 5.63.